The maximum Gasteiger partial charge on any atom is 0.263 e. The molecule has 0 spiro atoms. The van der Waals surface area contributed by atoms with Crippen LogP contribution in [-0.2, 0) is 19.1 Å². The van der Waals surface area contributed by atoms with Gasteiger partial charge in [-0.3, -0.25) is 44.1 Å². The lowest BCUT2D eigenvalue weighted by atomic mass is 10.0. The maximum atomic E-state index is 13.6. The van der Waals surface area contributed by atoms with E-state index < -0.39 is 11.9 Å². The van der Waals surface area contributed by atoms with Crippen molar-refractivity contribution in [3.63, 3.8) is 0 Å². The number of aromatic nitrogens is 2. The molecule has 4 aliphatic heterocycles. The van der Waals surface area contributed by atoms with Crippen LogP contribution < -0.4 is 20.9 Å². The molecule has 0 radical (unpaired) electrons. The van der Waals surface area contributed by atoms with E-state index in [1.807, 2.05) is 32.2 Å². The second kappa shape index (κ2) is 19.9. The van der Waals surface area contributed by atoms with Gasteiger partial charge in [-0.05, 0) is 102 Å². The van der Waals surface area contributed by atoms with Crippen LogP contribution in [0.4, 0.5) is 11.4 Å². The van der Waals surface area contributed by atoms with Crippen LogP contribution in [0.1, 0.15) is 105 Å². The number of nitrogens with zero attached hydrogens (tertiary/aromatic N) is 5. The molecular formula is C45H58N8O6. The topological polar surface area (TPSA) is 174 Å². The van der Waals surface area contributed by atoms with Crippen molar-refractivity contribution in [3.05, 3.63) is 77.6 Å². The number of H-pyrrole nitrogens is 1. The van der Waals surface area contributed by atoms with Crippen LogP contribution in [0.2, 0.25) is 0 Å². The van der Waals surface area contributed by atoms with Crippen LogP contribution in [-0.4, -0.2) is 108 Å². The Morgan fingerprint density at radius 2 is 1.59 bits per heavy atom. The highest BCUT2D eigenvalue weighted by molar-refractivity contribution is 6.24. The van der Waals surface area contributed by atoms with Gasteiger partial charge >= 0.3 is 0 Å². The number of anilines is 2. The minimum absolute atomic E-state index is 0.0454. The van der Waals surface area contributed by atoms with Gasteiger partial charge in [0.1, 0.15) is 0 Å². The Morgan fingerprint density at radius 3 is 2.22 bits per heavy atom. The van der Waals surface area contributed by atoms with Crippen LogP contribution in [0.15, 0.2) is 60.8 Å². The Bertz CT molecular complexity index is 2090. The van der Waals surface area contributed by atoms with Crippen molar-refractivity contribution < 1.29 is 28.7 Å². The molecule has 2 aromatic heterocycles. The first-order valence-corrected chi connectivity index (χ1v) is 21.0. The summed E-state index contributed by atoms with van der Waals surface area (Å²) in [7, 11) is 2.20. The maximum absolute atomic E-state index is 13.6. The quantitative estimate of drug-likeness (QED) is 0.124. The average molecular weight is 807 g/mol. The highest BCUT2D eigenvalue weighted by Crippen LogP contribution is 2.36. The van der Waals surface area contributed by atoms with Crippen molar-refractivity contribution in [2.45, 2.75) is 96.4 Å². The third kappa shape index (κ3) is 9.66. The summed E-state index contributed by atoms with van der Waals surface area (Å²) in [6.07, 6.45) is 9.33. The number of hydrogen-bond donors (Lipinski definition) is 3. The van der Waals surface area contributed by atoms with Crippen LogP contribution in [0.25, 0.3) is 22.2 Å². The molecule has 4 aromatic rings. The van der Waals surface area contributed by atoms with E-state index in [9.17, 15) is 19.2 Å². The average Bonchev–Trinajstić information content (AvgIpc) is 3.96. The number of nitrogens with two attached hydrogens (primary N) is 1. The van der Waals surface area contributed by atoms with Crippen LogP contribution in [0.5, 0.6) is 0 Å². The Morgan fingerprint density at radius 1 is 0.932 bits per heavy atom. The number of carbonyl (C=O) groups excluding carboxylic acids is 5. The molecule has 2 unspecified atom stereocenters. The number of likely N-dealkylation sites (tertiary alicyclic amines) is 1. The first-order valence-electron chi connectivity index (χ1n) is 21.0. The SMILES string of the molecule is CC.CC(CCC(=O)NC=O)N1C(=O)c2cccc(N3CCC(OC4CCN(c5ccc(-c6cc7[nH]c(C8CCCN8C)cc7cn6)cc5)CC4)CC3)c2C1=O.NC=O. The summed E-state index contributed by atoms with van der Waals surface area (Å²) in [6, 6.07) is 18.6. The first kappa shape index (κ1) is 43.0. The molecule has 8 rings (SSSR count). The zero-order chi connectivity index (χ0) is 42.1. The Labute approximate surface area is 346 Å². The van der Waals surface area contributed by atoms with Crippen molar-refractivity contribution >= 4 is 52.8 Å². The van der Waals surface area contributed by atoms with E-state index in [0.717, 1.165) is 86.3 Å². The molecule has 314 valence electrons. The number of benzene rings is 2. The summed E-state index contributed by atoms with van der Waals surface area (Å²) < 4.78 is 6.64. The second-order valence-corrected chi connectivity index (χ2v) is 15.5. The molecule has 6 heterocycles. The fourth-order valence-corrected chi connectivity index (χ4v) is 8.84. The molecule has 14 heteroatoms. The number of primary amides is 1. The Kier molecular flexibility index (Phi) is 14.5. The molecule has 5 amide bonds. The number of aromatic amines is 1. The summed E-state index contributed by atoms with van der Waals surface area (Å²) >= 11 is 0. The molecule has 2 atom stereocenters. The van der Waals surface area contributed by atoms with Crippen LogP contribution >= 0.6 is 0 Å². The van der Waals surface area contributed by atoms with E-state index >= 15 is 0 Å². The van der Waals surface area contributed by atoms with Gasteiger partial charge in [0.05, 0.1) is 34.7 Å². The molecular weight excluding hydrogens is 749 g/mol. The number of nitrogens with one attached hydrogen (secondary N) is 2. The Balaban J connectivity index is 0.00000112. The van der Waals surface area contributed by atoms with Crippen molar-refractivity contribution in [1.82, 2.24) is 25.1 Å². The smallest absolute Gasteiger partial charge is 0.263 e. The number of hydrogen-bond acceptors (Lipinski definition) is 10. The van der Waals surface area contributed by atoms with Gasteiger partial charge in [-0.15, -0.1) is 0 Å². The number of pyridine rings is 1. The van der Waals surface area contributed by atoms with Gasteiger partial charge in [-0.1, -0.05) is 32.0 Å². The van der Waals surface area contributed by atoms with Gasteiger partial charge in [-0.25, -0.2) is 0 Å². The van der Waals surface area contributed by atoms with Crippen LogP contribution in [0.3, 0.4) is 0 Å². The molecule has 0 bridgehead atoms. The molecule has 0 aliphatic carbocycles. The van der Waals surface area contributed by atoms with E-state index in [-0.39, 0.29) is 43.3 Å². The fourth-order valence-electron chi connectivity index (χ4n) is 8.84. The highest BCUT2D eigenvalue weighted by atomic mass is 16.5. The number of carbonyl (C=O) groups is 5. The Hall–Kier alpha value is -5.60. The summed E-state index contributed by atoms with van der Waals surface area (Å²) in [4.78, 5) is 74.6. The summed E-state index contributed by atoms with van der Waals surface area (Å²) in [5.74, 6) is -1.10. The number of piperidine rings is 2. The predicted molar refractivity (Wildman–Crippen MR) is 229 cm³/mol. The van der Waals surface area contributed by atoms with Gasteiger partial charge in [0, 0.05) is 78.7 Å². The van der Waals surface area contributed by atoms with E-state index in [1.54, 1.807) is 13.0 Å². The van der Waals surface area contributed by atoms with Crippen molar-refractivity contribution in [2.75, 3.05) is 49.6 Å². The monoisotopic (exact) mass is 806 g/mol. The molecule has 4 N–H and O–H groups in total. The molecule has 3 fully saturated rings. The molecule has 0 saturated carbocycles. The third-order valence-corrected chi connectivity index (χ3v) is 11.9. The standard InChI is InChI=1S/C42H49N7O5.C2H6.CH3NO/c1-27(8-13-39(51)44-26-50)49-41(52)33-5-3-6-38(40(33)42(49)53)48-21-16-32(17-22-48)54-31-14-19-47(20-15-31)30-11-9-28(10-12-30)34-24-35-29(25-43-34)23-36(45-35)37-7-4-18-46(37)2;1-2;2-1-3/h3,5-6,9-12,23-27,31-32,37,45H,4,7-8,13-22H2,1-2H3,(H,44,50,51);1-2H3;1H,(H2,2,3). The summed E-state index contributed by atoms with van der Waals surface area (Å²) in [5, 5.41) is 3.27. The molecule has 4 aliphatic rings. The predicted octanol–water partition coefficient (Wildman–Crippen LogP) is 5.82. The van der Waals surface area contributed by atoms with Crippen molar-refractivity contribution in [2.24, 2.45) is 5.73 Å². The normalized spacial score (nSPS) is 19.1. The first-order chi connectivity index (χ1) is 28.7. The minimum atomic E-state index is -0.479. The summed E-state index contributed by atoms with van der Waals surface area (Å²) in [6.45, 7) is 10.3. The zero-order valence-corrected chi connectivity index (χ0v) is 34.7. The molecule has 14 nitrogen and oxygen atoms in total. The number of fused-ring (bicyclic) bond motifs is 2. The minimum Gasteiger partial charge on any atom is -0.375 e. The number of ether oxygens (including phenoxy) is 1. The van der Waals surface area contributed by atoms with Gasteiger partial charge < -0.3 is 25.3 Å². The fraction of sp³-hybridized carbons (Fsp3) is 0.467. The van der Waals surface area contributed by atoms with Gasteiger partial charge in [0.2, 0.25) is 18.7 Å². The van der Waals surface area contributed by atoms with E-state index in [1.165, 1.54) is 29.1 Å². The lowest BCUT2D eigenvalue weighted by molar-refractivity contribution is -0.125. The van der Waals surface area contributed by atoms with E-state index in [0.29, 0.717) is 23.6 Å². The van der Waals surface area contributed by atoms with Gasteiger partial charge in [-0.2, -0.15) is 0 Å². The molecule has 3 saturated heterocycles. The number of imide groups is 2. The lowest BCUT2D eigenvalue weighted by Crippen LogP contribution is -2.42. The summed E-state index contributed by atoms with van der Waals surface area (Å²) in [5.41, 5.74) is 11.5. The third-order valence-electron chi connectivity index (χ3n) is 11.9. The van der Waals surface area contributed by atoms with Crippen molar-refractivity contribution in [1.29, 1.82) is 0 Å². The zero-order valence-electron chi connectivity index (χ0n) is 34.7. The molecule has 2 aromatic carbocycles. The van der Waals surface area contributed by atoms with Gasteiger partial charge in [0.25, 0.3) is 11.8 Å². The van der Waals surface area contributed by atoms with Crippen molar-refractivity contribution in [3.8, 4) is 11.3 Å². The van der Waals surface area contributed by atoms with Crippen LogP contribution in [0, 0.1) is 0 Å². The number of rotatable bonds is 11. The largest absolute Gasteiger partial charge is 0.375 e. The van der Waals surface area contributed by atoms with E-state index in [2.05, 4.69) is 74.2 Å². The lowest BCUT2D eigenvalue weighted by Gasteiger charge is -2.38. The van der Waals surface area contributed by atoms with Gasteiger partial charge in [0.15, 0.2) is 0 Å². The van der Waals surface area contributed by atoms with E-state index in [4.69, 9.17) is 14.5 Å². The number of amides is 5. The molecule has 59 heavy (non-hydrogen) atoms. The second-order valence-electron chi connectivity index (χ2n) is 15.5. The highest BCUT2D eigenvalue weighted by Gasteiger charge is 2.41.